The Bertz CT molecular complexity index is 207. The fourth-order valence-corrected chi connectivity index (χ4v) is 2.93. The number of unbranched alkanes of at least 4 members (excludes halogenated alkanes) is 4. The van der Waals surface area contributed by atoms with Crippen LogP contribution >= 0.6 is 0 Å². The Kier molecular flexibility index (Phi) is 32.5. The molecule has 0 fully saturated rings. The molecule has 0 radical (unpaired) electrons. The van der Waals surface area contributed by atoms with E-state index in [-0.39, 0.29) is 58.3 Å². The van der Waals surface area contributed by atoms with Gasteiger partial charge in [-0.3, -0.25) is 0 Å². The molecule has 0 unspecified atom stereocenters. The number of nitrogens with zero attached hydrogens (tertiary/aromatic N) is 2. The molecular formula is C18H38BaN2S4-2. The summed E-state index contributed by atoms with van der Waals surface area (Å²) in [6, 6.07) is 0. The third-order valence-electron chi connectivity index (χ3n) is 3.79. The van der Waals surface area contributed by atoms with E-state index in [2.05, 4.69) is 37.5 Å². The zero-order valence-corrected chi connectivity index (χ0v) is 24.6. The average molecular weight is 548 g/mol. The minimum absolute atomic E-state index is 0. The molecule has 7 heteroatoms. The molecule has 0 N–H and O–H groups in total. The largest absolute Gasteiger partial charge is 2.00 e. The van der Waals surface area contributed by atoms with Gasteiger partial charge in [-0.05, 0) is 51.9 Å². The molecule has 0 aromatic rings. The van der Waals surface area contributed by atoms with Gasteiger partial charge in [-0.1, -0.05) is 53.4 Å². The number of rotatable bonds is 14. The van der Waals surface area contributed by atoms with Crippen molar-refractivity contribution in [2.24, 2.45) is 0 Å². The van der Waals surface area contributed by atoms with Gasteiger partial charge in [0.1, 0.15) is 0 Å². The van der Waals surface area contributed by atoms with E-state index in [9.17, 15) is 0 Å². The molecule has 0 heterocycles. The van der Waals surface area contributed by atoms with E-state index < -0.39 is 0 Å². The number of hydrogen-bond donors (Lipinski definition) is 0. The van der Waals surface area contributed by atoms with Crippen molar-refractivity contribution < 1.29 is 0 Å². The Morgan fingerprint density at radius 2 is 0.720 bits per heavy atom. The van der Waals surface area contributed by atoms with Crippen molar-refractivity contribution in [3.63, 3.8) is 0 Å². The molecule has 25 heavy (non-hydrogen) atoms. The van der Waals surface area contributed by atoms with Gasteiger partial charge in [-0.2, -0.15) is 0 Å². The van der Waals surface area contributed by atoms with Crippen LogP contribution in [-0.4, -0.2) is 94.3 Å². The van der Waals surface area contributed by atoms with E-state index in [0.29, 0.717) is 0 Å². The van der Waals surface area contributed by atoms with Gasteiger partial charge < -0.3 is 60.3 Å². The first-order valence-corrected chi connectivity index (χ1v) is 11.4. The van der Waals surface area contributed by atoms with Crippen LogP contribution in [0.5, 0.6) is 0 Å². The van der Waals surface area contributed by atoms with Crippen LogP contribution < -0.4 is 0 Å². The molecule has 0 amide bonds. The minimum atomic E-state index is -0.108. The van der Waals surface area contributed by atoms with Crippen molar-refractivity contribution in [2.75, 3.05) is 26.2 Å². The summed E-state index contributed by atoms with van der Waals surface area (Å²) < 4.78 is -0.216. The van der Waals surface area contributed by atoms with Crippen LogP contribution in [-0.2, 0) is 50.5 Å². The molecule has 0 bridgehead atoms. The van der Waals surface area contributed by atoms with E-state index in [0.717, 1.165) is 26.2 Å². The van der Waals surface area contributed by atoms with E-state index >= 15 is 0 Å². The molecule has 0 aliphatic carbocycles. The normalized spacial score (nSPS) is 11.0. The van der Waals surface area contributed by atoms with Crippen molar-refractivity contribution in [2.45, 2.75) is 88.5 Å². The van der Waals surface area contributed by atoms with E-state index in [1.54, 1.807) is 0 Å². The van der Waals surface area contributed by atoms with Gasteiger partial charge in [0.25, 0.3) is 0 Å². The molecule has 0 aromatic carbocycles. The summed E-state index contributed by atoms with van der Waals surface area (Å²) >= 11 is 20.3. The molecule has 148 valence electrons. The van der Waals surface area contributed by atoms with Crippen molar-refractivity contribution in [1.29, 1.82) is 0 Å². The van der Waals surface area contributed by atoms with Crippen LogP contribution in [0.4, 0.5) is 0 Å². The summed E-state index contributed by atoms with van der Waals surface area (Å²) in [7, 11) is 0. The summed E-state index contributed by atoms with van der Waals surface area (Å²) in [5.74, 6) is 0. The molecule has 0 saturated heterocycles. The summed E-state index contributed by atoms with van der Waals surface area (Å²) in [6.07, 6.45) is 9.75. The van der Waals surface area contributed by atoms with Gasteiger partial charge in [0.15, 0.2) is 0 Å². The maximum Gasteiger partial charge on any atom is 2.00 e. The second kappa shape index (κ2) is 24.9. The standard InChI is InChI=1S/2C9H21NS2.Ba/c2*1-3-5-7-10(9(11)12)8-6-4-2;/h2*9,11-12H,3-8H2,1-2H3;/q;;+2/p-4. The first-order valence-electron chi connectivity index (χ1n) is 9.55. The quantitative estimate of drug-likeness (QED) is 0.236. The van der Waals surface area contributed by atoms with Gasteiger partial charge in [-0.15, -0.1) is 0 Å². The second-order valence-electron chi connectivity index (χ2n) is 6.10. The van der Waals surface area contributed by atoms with Crippen LogP contribution in [0.25, 0.3) is 0 Å². The summed E-state index contributed by atoms with van der Waals surface area (Å²) in [5.41, 5.74) is 0. The molecule has 0 aliphatic rings. The fraction of sp³-hybridized carbons (Fsp3) is 1.00. The van der Waals surface area contributed by atoms with Crippen molar-refractivity contribution in [1.82, 2.24) is 9.80 Å². The van der Waals surface area contributed by atoms with Crippen LogP contribution in [0.1, 0.15) is 79.1 Å². The minimum Gasteiger partial charge on any atom is -0.800 e. The first-order chi connectivity index (χ1) is 11.4. The van der Waals surface area contributed by atoms with E-state index in [4.69, 9.17) is 50.5 Å². The maximum absolute atomic E-state index is 5.07. The summed E-state index contributed by atoms with van der Waals surface area (Å²) in [4.78, 5) is 4.44. The van der Waals surface area contributed by atoms with Crippen LogP contribution in [0.15, 0.2) is 0 Å². The molecule has 0 spiro atoms. The van der Waals surface area contributed by atoms with Crippen LogP contribution in [0, 0.1) is 0 Å². The smallest absolute Gasteiger partial charge is 0.800 e. The molecule has 0 atom stereocenters. The monoisotopic (exact) mass is 548 g/mol. The van der Waals surface area contributed by atoms with E-state index in [1.165, 1.54) is 51.4 Å². The zero-order chi connectivity index (χ0) is 18.8. The maximum atomic E-state index is 5.07. The molecule has 0 saturated carbocycles. The molecular weight excluding hydrogens is 510 g/mol. The van der Waals surface area contributed by atoms with Gasteiger partial charge in [0.2, 0.25) is 0 Å². The molecule has 0 rings (SSSR count). The second-order valence-corrected chi connectivity index (χ2v) is 8.48. The zero-order valence-electron chi connectivity index (χ0n) is 16.9. The molecule has 0 aliphatic heterocycles. The Balaban J connectivity index is -0.000000372. The van der Waals surface area contributed by atoms with Crippen molar-refractivity contribution >= 4 is 99.4 Å². The number of hydrogen-bond acceptors (Lipinski definition) is 6. The van der Waals surface area contributed by atoms with Crippen LogP contribution in [0.3, 0.4) is 0 Å². The van der Waals surface area contributed by atoms with Crippen molar-refractivity contribution in [3.05, 3.63) is 0 Å². The van der Waals surface area contributed by atoms with Crippen LogP contribution in [0.2, 0.25) is 0 Å². The average Bonchev–Trinajstić information content (AvgIpc) is 2.55. The Morgan fingerprint density at radius 1 is 0.520 bits per heavy atom. The Hall–Kier alpha value is 2.89. The SMILES string of the molecule is CCCCN(CCCC)C([S-])[S-].CCCCN(CCCC)C([S-])[S-].[Ba+2]. The third kappa shape index (κ3) is 23.0. The van der Waals surface area contributed by atoms with Gasteiger partial charge in [0.05, 0.1) is 0 Å². The van der Waals surface area contributed by atoms with Gasteiger partial charge >= 0.3 is 48.9 Å². The topological polar surface area (TPSA) is 6.48 Å². The predicted octanol–water partition coefficient (Wildman–Crippen LogP) is 4.15. The fourth-order valence-electron chi connectivity index (χ4n) is 2.09. The predicted molar refractivity (Wildman–Crippen MR) is 126 cm³/mol. The third-order valence-corrected chi connectivity index (χ3v) is 4.98. The van der Waals surface area contributed by atoms with Crippen molar-refractivity contribution in [3.8, 4) is 0 Å². The Morgan fingerprint density at radius 3 is 0.840 bits per heavy atom. The van der Waals surface area contributed by atoms with Gasteiger partial charge in [-0.25, -0.2) is 9.41 Å². The van der Waals surface area contributed by atoms with E-state index in [1.807, 2.05) is 0 Å². The Labute approximate surface area is 221 Å². The summed E-state index contributed by atoms with van der Waals surface area (Å²) in [6.45, 7) is 13.1. The van der Waals surface area contributed by atoms with Gasteiger partial charge in [0, 0.05) is 0 Å². The summed E-state index contributed by atoms with van der Waals surface area (Å²) in [5, 5.41) is 0. The first kappa shape index (κ1) is 32.6. The molecule has 2 nitrogen and oxygen atoms in total. The molecule has 0 aromatic heterocycles.